The van der Waals surface area contributed by atoms with E-state index in [4.69, 9.17) is 0 Å². The van der Waals surface area contributed by atoms with Gasteiger partial charge in [-0.25, -0.2) is 0 Å². The van der Waals surface area contributed by atoms with Crippen LogP contribution in [0.1, 0.15) is 33.1 Å². The molecule has 86 valence electrons. The summed E-state index contributed by atoms with van der Waals surface area (Å²) >= 11 is 0. The number of nitrogens with one attached hydrogen (secondary N) is 1. The molecule has 1 aliphatic heterocycles. The molecule has 0 spiro atoms. The van der Waals surface area contributed by atoms with E-state index in [1.807, 2.05) is 0 Å². The lowest BCUT2D eigenvalue weighted by Crippen LogP contribution is -2.35. The molecule has 0 unspecified atom stereocenters. The highest BCUT2D eigenvalue weighted by Crippen LogP contribution is 2.06. The van der Waals surface area contributed by atoms with E-state index in [9.17, 15) is 9.59 Å². The molecule has 15 heavy (non-hydrogen) atoms. The second kappa shape index (κ2) is 5.73. The van der Waals surface area contributed by atoms with Crippen LogP contribution in [0.15, 0.2) is 0 Å². The number of carbonyl (C=O) groups is 2. The maximum absolute atomic E-state index is 11.5. The van der Waals surface area contributed by atoms with Gasteiger partial charge < -0.3 is 10.2 Å². The molecule has 0 saturated carbocycles. The smallest absolute Gasteiger partial charge is 0.241 e. The highest BCUT2D eigenvalue weighted by molar-refractivity contribution is 5.87. The zero-order valence-corrected chi connectivity index (χ0v) is 9.58. The molecule has 0 atom stereocenters. The molecule has 0 radical (unpaired) electrons. The lowest BCUT2D eigenvalue weighted by atomic mass is 10.1. The Kier molecular flexibility index (Phi) is 4.59. The summed E-state index contributed by atoms with van der Waals surface area (Å²) in [6.45, 7) is 5.87. The first kappa shape index (κ1) is 12.0. The van der Waals surface area contributed by atoms with Gasteiger partial charge in [-0.2, -0.15) is 0 Å². The van der Waals surface area contributed by atoms with Crippen molar-refractivity contribution >= 4 is 11.8 Å². The molecule has 4 heteroatoms. The molecule has 0 aromatic heterocycles. The van der Waals surface area contributed by atoms with E-state index in [1.165, 1.54) is 0 Å². The first-order chi connectivity index (χ1) is 7.09. The fraction of sp³-hybridized carbons (Fsp3) is 0.818. The average Bonchev–Trinajstić information content (AvgIpc) is 2.32. The van der Waals surface area contributed by atoms with E-state index in [1.54, 1.807) is 4.90 Å². The van der Waals surface area contributed by atoms with Gasteiger partial charge in [0.1, 0.15) is 0 Å². The van der Waals surface area contributed by atoms with Gasteiger partial charge in [-0.15, -0.1) is 0 Å². The third-order valence-electron chi connectivity index (χ3n) is 2.61. The van der Waals surface area contributed by atoms with Gasteiger partial charge in [0, 0.05) is 19.5 Å². The van der Waals surface area contributed by atoms with E-state index < -0.39 is 0 Å². The number of nitrogens with zero attached hydrogens (tertiary/aromatic N) is 1. The fourth-order valence-corrected chi connectivity index (χ4v) is 1.66. The van der Waals surface area contributed by atoms with Gasteiger partial charge in [0.2, 0.25) is 11.8 Å². The van der Waals surface area contributed by atoms with Crippen LogP contribution in [-0.2, 0) is 9.59 Å². The van der Waals surface area contributed by atoms with Crippen LogP contribution in [0.2, 0.25) is 0 Å². The Labute approximate surface area is 91.0 Å². The number of amides is 2. The molecule has 0 aromatic carbocycles. The van der Waals surface area contributed by atoms with E-state index in [-0.39, 0.29) is 18.4 Å². The summed E-state index contributed by atoms with van der Waals surface area (Å²) in [7, 11) is 0. The van der Waals surface area contributed by atoms with Crippen LogP contribution in [0.25, 0.3) is 0 Å². The van der Waals surface area contributed by atoms with E-state index in [0.29, 0.717) is 18.9 Å². The highest BCUT2D eigenvalue weighted by Gasteiger charge is 2.19. The van der Waals surface area contributed by atoms with Crippen molar-refractivity contribution in [1.82, 2.24) is 10.2 Å². The molecule has 0 bridgehead atoms. The fourth-order valence-electron chi connectivity index (χ4n) is 1.66. The predicted octanol–water partition coefficient (Wildman–Crippen LogP) is 0.771. The van der Waals surface area contributed by atoms with Crippen molar-refractivity contribution in [1.29, 1.82) is 0 Å². The van der Waals surface area contributed by atoms with E-state index >= 15 is 0 Å². The SMILES string of the molecule is CC(C)CCCN1CCC(=O)NCC1=O. The van der Waals surface area contributed by atoms with Crippen LogP contribution in [0, 0.1) is 5.92 Å². The highest BCUT2D eigenvalue weighted by atomic mass is 16.2. The van der Waals surface area contributed by atoms with Gasteiger partial charge in [0.05, 0.1) is 6.54 Å². The number of carbonyl (C=O) groups excluding carboxylic acids is 2. The Morgan fingerprint density at radius 3 is 2.80 bits per heavy atom. The summed E-state index contributed by atoms with van der Waals surface area (Å²) in [6.07, 6.45) is 2.59. The topological polar surface area (TPSA) is 49.4 Å². The lowest BCUT2D eigenvalue weighted by Gasteiger charge is -2.19. The Bertz CT molecular complexity index is 239. The van der Waals surface area contributed by atoms with Crippen LogP contribution in [-0.4, -0.2) is 36.3 Å². The zero-order chi connectivity index (χ0) is 11.3. The van der Waals surface area contributed by atoms with Crippen LogP contribution < -0.4 is 5.32 Å². The third-order valence-corrected chi connectivity index (χ3v) is 2.61. The molecule has 0 aromatic rings. The van der Waals surface area contributed by atoms with Crippen molar-refractivity contribution in [3.63, 3.8) is 0 Å². The standard InChI is InChI=1S/C11H20N2O2/c1-9(2)4-3-6-13-7-5-10(14)12-8-11(13)15/h9H,3-8H2,1-2H3,(H,12,14). The van der Waals surface area contributed by atoms with Crippen molar-refractivity contribution in [2.75, 3.05) is 19.6 Å². The second-order valence-corrected chi connectivity index (χ2v) is 4.44. The largest absolute Gasteiger partial charge is 0.347 e. The Balaban J connectivity index is 2.32. The maximum Gasteiger partial charge on any atom is 0.241 e. The first-order valence-electron chi connectivity index (χ1n) is 5.64. The summed E-state index contributed by atoms with van der Waals surface area (Å²) in [4.78, 5) is 24.4. The minimum atomic E-state index is -0.0188. The summed E-state index contributed by atoms with van der Waals surface area (Å²) in [5.41, 5.74) is 0. The molecule has 1 saturated heterocycles. The van der Waals surface area contributed by atoms with E-state index in [0.717, 1.165) is 19.4 Å². The van der Waals surface area contributed by atoms with Crippen molar-refractivity contribution in [3.8, 4) is 0 Å². The molecule has 4 nitrogen and oxygen atoms in total. The quantitative estimate of drug-likeness (QED) is 0.748. The molecule has 1 rings (SSSR count). The zero-order valence-electron chi connectivity index (χ0n) is 9.58. The van der Waals surface area contributed by atoms with Crippen molar-refractivity contribution < 1.29 is 9.59 Å². The maximum atomic E-state index is 11.5. The van der Waals surface area contributed by atoms with Gasteiger partial charge in [0.15, 0.2) is 0 Å². The molecular weight excluding hydrogens is 192 g/mol. The van der Waals surface area contributed by atoms with Crippen LogP contribution in [0.5, 0.6) is 0 Å². The third kappa shape index (κ3) is 4.32. The average molecular weight is 212 g/mol. The summed E-state index contributed by atoms with van der Waals surface area (Å²) < 4.78 is 0. The Morgan fingerprint density at radius 1 is 1.40 bits per heavy atom. The summed E-state index contributed by atoms with van der Waals surface area (Å²) in [5.74, 6) is 0.700. The molecular formula is C11H20N2O2. The molecule has 1 fully saturated rings. The molecule has 1 heterocycles. The van der Waals surface area contributed by atoms with Crippen molar-refractivity contribution in [2.24, 2.45) is 5.92 Å². The van der Waals surface area contributed by atoms with Crippen LogP contribution in [0.4, 0.5) is 0 Å². The Hall–Kier alpha value is -1.06. The minimum Gasteiger partial charge on any atom is -0.347 e. The van der Waals surface area contributed by atoms with Gasteiger partial charge >= 0.3 is 0 Å². The summed E-state index contributed by atoms with van der Waals surface area (Å²) in [6, 6.07) is 0. The molecule has 1 aliphatic rings. The normalized spacial score (nSPS) is 17.9. The summed E-state index contributed by atoms with van der Waals surface area (Å²) in [5, 5.41) is 2.59. The Morgan fingerprint density at radius 2 is 2.13 bits per heavy atom. The molecule has 1 N–H and O–H groups in total. The van der Waals surface area contributed by atoms with Crippen molar-refractivity contribution in [2.45, 2.75) is 33.1 Å². The molecule has 0 aliphatic carbocycles. The van der Waals surface area contributed by atoms with Gasteiger partial charge in [0.25, 0.3) is 0 Å². The number of hydrogen-bond acceptors (Lipinski definition) is 2. The number of hydrogen-bond donors (Lipinski definition) is 1. The van der Waals surface area contributed by atoms with Gasteiger partial charge in [-0.05, 0) is 18.8 Å². The number of rotatable bonds is 4. The molecule has 2 amide bonds. The predicted molar refractivity (Wildman–Crippen MR) is 58.3 cm³/mol. The minimum absolute atomic E-state index is 0.0188. The van der Waals surface area contributed by atoms with Gasteiger partial charge in [-0.3, -0.25) is 9.59 Å². The van der Waals surface area contributed by atoms with Crippen molar-refractivity contribution in [3.05, 3.63) is 0 Å². The first-order valence-corrected chi connectivity index (χ1v) is 5.64. The second-order valence-electron chi connectivity index (χ2n) is 4.44. The van der Waals surface area contributed by atoms with E-state index in [2.05, 4.69) is 19.2 Å². The van der Waals surface area contributed by atoms with Crippen LogP contribution in [0.3, 0.4) is 0 Å². The van der Waals surface area contributed by atoms with Gasteiger partial charge in [-0.1, -0.05) is 13.8 Å². The lowest BCUT2D eigenvalue weighted by molar-refractivity contribution is -0.130. The monoisotopic (exact) mass is 212 g/mol. The van der Waals surface area contributed by atoms with Crippen LogP contribution >= 0.6 is 0 Å².